The Morgan fingerprint density at radius 3 is 3.12 bits per heavy atom. The predicted molar refractivity (Wildman–Crippen MR) is 67.9 cm³/mol. The number of nitrogen functional groups attached to an aromatic ring is 1. The van der Waals surface area contributed by atoms with Gasteiger partial charge in [-0.25, -0.2) is 9.97 Å². The molecule has 7 heteroatoms. The number of nitrogens with zero attached hydrogens (tertiary/aromatic N) is 3. The first kappa shape index (κ1) is 10.5. The van der Waals surface area contributed by atoms with Crippen molar-refractivity contribution in [1.82, 2.24) is 15.1 Å². The molecule has 0 unspecified atom stereocenters. The number of hydrogen-bond donors (Lipinski definition) is 1. The summed E-state index contributed by atoms with van der Waals surface area (Å²) in [6, 6.07) is 3.75. The van der Waals surface area contributed by atoms with E-state index in [9.17, 15) is 0 Å². The Hall–Kier alpha value is -1.60. The highest BCUT2D eigenvalue weighted by Crippen LogP contribution is 2.27. The van der Waals surface area contributed by atoms with Gasteiger partial charge in [0.1, 0.15) is 16.4 Å². The highest BCUT2D eigenvalue weighted by molar-refractivity contribution is 7.98. The molecule has 5 nitrogen and oxygen atoms in total. The van der Waals surface area contributed by atoms with Crippen molar-refractivity contribution in [1.29, 1.82) is 0 Å². The average molecular weight is 264 g/mol. The fourth-order valence-electron chi connectivity index (χ4n) is 1.37. The third-order valence-electron chi connectivity index (χ3n) is 2.17. The number of nitrogens with two attached hydrogens (primary N) is 1. The standard InChI is InChI=1S/C10H8N4OS2/c11-8-7-2-4-16-9(7)14-10(13-8)17-5-6-1-3-12-15-6/h1-4H,5H2,(H2,11,13,14). The lowest BCUT2D eigenvalue weighted by atomic mass is 10.4. The van der Waals surface area contributed by atoms with E-state index < -0.39 is 0 Å². The number of thiophene rings is 1. The van der Waals surface area contributed by atoms with Crippen molar-refractivity contribution in [3.8, 4) is 0 Å². The monoisotopic (exact) mass is 264 g/mol. The Kier molecular flexibility index (Phi) is 2.69. The summed E-state index contributed by atoms with van der Waals surface area (Å²) in [4.78, 5) is 9.59. The van der Waals surface area contributed by atoms with Crippen molar-refractivity contribution < 1.29 is 4.52 Å². The first-order valence-corrected chi connectivity index (χ1v) is 6.72. The molecule has 0 aromatic carbocycles. The molecular formula is C10H8N4OS2. The van der Waals surface area contributed by atoms with E-state index >= 15 is 0 Å². The van der Waals surface area contributed by atoms with Gasteiger partial charge in [-0.3, -0.25) is 0 Å². The van der Waals surface area contributed by atoms with Gasteiger partial charge in [0.2, 0.25) is 0 Å². The number of rotatable bonds is 3. The van der Waals surface area contributed by atoms with Gasteiger partial charge < -0.3 is 10.3 Å². The Morgan fingerprint density at radius 2 is 2.29 bits per heavy atom. The zero-order valence-corrected chi connectivity index (χ0v) is 10.3. The SMILES string of the molecule is Nc1nc(SCc2ccno2)nc2sccc12. The number of aromatic nitrogens is 3. The molecule has 3 aromatic heterocycles. The van der Waals surface area contributed by atoms with Crippen molar-refractivity contribution >= 4 is 39.1 Å². The maximum atomic E-state index is 5.86. The second-order valence-electron chi connectivity index (χ2n) is 3.30. The molecule has 0 aliphatic rings. The number of thioether (sulfide) groups is 1. The normalized spacial score (nSPS) is 11.1. The van der Waals surface area contributed by atoms with E-state index in [1.807, 2.05) is 17.5 Å². The Balaban J connectivity index is 1.85. The Labute approximate surface area is 105 Å². The fraction of sp³-hybridized carbons (Fsp3) is 0.100. The van der Waals surface area contributed by atoms with Crippen molar-refractivity contribution in [2.24, 2.45) is 0 Å². The summed E-state index contributed by atoms with van der Waals surface area (Å²) in [6.45, 7) is 0. The summed E-state index contributed by atoms with van der Waals surface area (Å²) in [6.07, 6.45) is 1.62. The van der Waals surface area contributed by atoms with Crippen LogP contribution in [-0.4, -0.2) is 15.1 Å². The summed E-state index contributed by atoms with van der Waals surface area (Å²) < 4.78 is 5.00. The first-order chi connectivity index (χ1) is 8.33. The van der Waals surface area contributed by atoms with E-state index in [1.165, 1.54) is 11.8 Å². The molecule has 3 rings (SSSR count). The van der Waals surface area contributed by atoms with Gasteiger partial charge in [-0.1, -0.05) is 16.9 Å². The van der Waals surface area contributed by atoms with Gasteiger partial charge in [0, 0.05) is 6.07 Å². The zero-order valence-electron chi connectivity index (χ0n) is 8.66. The van der Waals surface area contributed by atoms with Crippen molar-refractivity contribution in [3.63, 3.8) is 0 Å². The molecule has 0 spiro atoms. The summed E-state index contributed by atoms with van der Waals surface area (Å²) >= 11 is 3.04. The first-order valence-electron chi connectivity index (χ1n) is 4.86. The molecule has 0 saturated carbocycles. The van der Waals surface area contributed by atoms with Crippen LogP contribution in [0.1, 0.15) is 5.76 Å². The zero-order chi connectivity index (χ0) is 11.7. The maximum absolute atomic E-state index is 5.86. The van der Waals surface area contributed by atoms with Gasteiger partial charge in [0.25, 0.3) is 0 Å². The molecule has 2 N–H and O–H groups in total. The van der Waals surface area contributed by atoms with Gasteiger partial charge >= 0.3 is 0 Å². The molecule has 0 bridgehead atoms. The number of fused-ring (bicyclic) bond motifs is 1. The van der Waals surface area contributed by atoms with Gasteiger partial charge in [-0.05, 0) is 11.4 Å². The fourth-order valence-corrected chi connectivity index (χ4v) is 2.94. The lowest BCUT2D eigenvalue weighted by Gasteiger charge is -2.00. The minimum atomic E-state index is 0.524. The molecule has 0 atom stereocenters. The van der Waals surface area contributed by atoms with Gasteiger partial charge in [0.15, 0.2) is 5.16 Å². The van der Waals surface area contributed by atoms with E-state index in [0.717, 1.165) is 16.0 Å². The van der Waals surface area contributed by atoms with Gasteiger partial charge in [-0.2, -0.15) is 0 Å². The Morgan fingerprint density at radius 1 is 1.35 bits per heavy atom. The third kappa shape index (κ3) is 2.11. The van der Waals surface area contributed by atoms with Gasteiger partial charge in [-0.15, -0.1) is 11.3 Å². The van der Waals surface area contributed by atoms with E-state index in [1.54, 1.807) is 17.5 Å². The smallest absolute Gasteiger partial charge is 0.191 e. The molecular weight excluding hydrogens is 256 g/mol. The van der Waals surface area contributed by atoms with E-state index in [0.29, 0.717) is 16.7 Å². The summed E-state index contributed by atoms with van der Waals surface area (Å²) in [5.74, 6) is 1.97. The molecule has 17 heavy (non-hydrogen) atoms. The van der Waals surface area contributed by atoms with Crippen LogP contribution in [0.2, 0.25) is 0 Å². The summed E-state index contributed by atoms with van der Waals surface area (Å²) in [5.41, 5.74) is 5.86. The van der Waals surface area contributed by atoms with Crippen LogP contribution in [0.5, 0.6) is 0 Å². The second kappa shape index (κ2) is 4.34. The lowest BCUT2D eigenvalue weighted by molar-refractivity contribution is 0.395. The third-order valence-corrected chi connectivity index (χ3v) is 3.85. The molecule has 3 heterocycles. The average Bonchev–Trinajstić information content (AvgIpc) is 2.97. The Bertz CT molecular complexity index is 635. The number of anilines is 1. The van der Waals surface area contributed by atoms with Crippen LogP contribution < -0.4 is 5.73 Å². The van der Waals surface area contributed by atoms with Crippen molar-refractivity contribution in [2.45, 2.75) is 10.9 Å². The van der Waals surface area contributed by atoms with E-state index in [2.05, 4.69) is 15.1 Å². The minimum absolute atomic E-state index is 0.524. The second-order valence-corrected chi connectivity index (χ2v) is 5.14. The molecule has 3 aromatic rings. The summed E-state index contributed by atoms with van der Waals surface area (Å²) in [5, 5.41) is 7.18. The molecule has 86 valence electrons. The van der Waals surface area contributed by atoms with Crippen LogP contribution in [0.3, 0.4) is 0 Å². The molecule has 0 aliphatic carbocycles. The van der Waals surface area contributed by atoms with Crippen LogP contribution in [0.4, 0.5) is 5.82 Å². The molecule has 0 radical (unpaired) electrons. The van der Waals surface area contributed by atoms with Crippen LogP contribution in [0.15, 0.2) is 33.4 Å². The van der Waals surface area contributed by atoms with Crippen molar-refractivity contribution in [2.75, 3.05) is 5.73 Å². The lowest BCUT2D eigenvalue weighted by Crippen LogP contribution is -1.95. The molecule has 0 aliphatic heterocycles. The predicted octanol–water partition coefficient (Wildman–Crippen LogP) is 2.55. The topological polar surface area (TPSA) is 77.8 Å². The highest BCUT2D eigenvalue weighted by Gasteiger charge is 2.07. The minimum Gasteiger partial charge on any atom is -0.383 e. The van der Waals surface area contributed by atoms with Gasteiger partial charge in [0.05, 0.1) is 17.3 Å². The van der Waals surface area contributed by atoms with Crippen LogP contribution in [0, 0.1) is 0 Å². The van der Waals surface area contributed by atoms with Crippen LogP contribution in [0.25, 0.3) is 10.2 Å². The molecule has 0 saturated heterocycles. The molecule has 0 amide bonds. The largest absolute Gasteiger partial charge is 0.383 e. The van der Waals surface area contributed by atoms with E-state index in [4.69, 9.17) is 10.3 Å². The quantitative estimate of drug-likeness (QED) is 0.578. The summed E-state index contributed by atoms with van der Waals surface area (Å²) in [7, 11) is 0. The highest BCUT2D eigenvalue weighted by atomic mass is 32.2. The van der Waals surface area contributed by atoms with E-state index in [-0.39, 0.29) is 0 Å². The maximum Gasteiger partial charge on any atom is 0.191 e. The van der Waals surface area contributed by atoms with Crippen LogP contribution >= 0.6 is 23.1 Å². The molecule has 0 fully saturated rings. The van der Waals surface area contributed by atoms with Crippen LogP contribution in [-0.2, 0) is 5.75 Å². The van der Waals surface area contributed by atoms with Crippen molar-refractivity contribution in [3.05, 3.63) is 29.5 Å². The number of hydrogen-bond acceptors (Lipinski definition) is 7.